The van der Waals surface area contributed by atoms with Crippen molar-refractivity contribution in [3.63, 3.8) is 0 Å². The van der Waals surface area contributed by atoms with E-state index in [0.717, 1.165) is 18.4 Å². The molecule has 0 heterocycles. The summed E-state index contributed by atoms with van der Waals surface area (Å²) < 4.78 is 13.0. The lowest BCUT2D eigenvalue weighted by Crippen LogP contribution is -2.51. The first-order valence-electron chi connectivity index (χ1n) is 6.65. The van der Waals surface area contributed by atoms with E-state index >= 15 is 0 Å². The molecule has 0 aliphatic carbocycles. The van der Waals surface area contributed by atoms with E-state index in [1.54, 1.807) is 0 Å². The molecule has 3 N–H and O–H groups in total. The lowest BCUT2D eigenvalue weighted by molar-refractivity contribution is 0.248. The molecule has 0 aliphatic heterocycles. The predicted molar refractivity (Wildman–Crippen MR) is 74.6 cm³/mol. The number of nitrogens with one attached hydrogen (secondary N) is 1. The summed E-state index contributed by atoms with van der Waals surface area (Å²) in [4.78, 5) is 0. The van der Waals surface area contributed by atoms with Gasteiger partial charge in [0.15, 0.2) is 0 Å². The first-order valence-corrected chi connectivity index (χ1v) is 6.65. The van der Waals surface area contributed by atoms with Gasteiger partial charge in [0.05, 0.1) is 0 Å². The van der Waals surface area contributed by atoms with Crippen molar-refractivity contribution in [2.45, 2.75) is 52.0 Å². The molecule has 18 heavy (non-hydrogen) atoms. The van der Waals surface area contributed by atoms with E-state index in [9.17, 15) is 4.39 Å². The zero-order valence-corrected chi connectivity index (χ0v) is 11.8. The molecule has 3 heteroatoms. The largest absolute Gasteiger partial charge is 0.271 e. The maximum atomic E-state index is 13.0. The van der Waals surface area contributed by atoms with Gasteiger partial charge >= 0.3 is 0 Å². The first-order chi connectivity index (χ1) is 8.43. The number of hydrazine groups is 1. The summed E-state index contributed by atoms with van der Waals surface area (Å²) in [5.41, 5.74) is 3.92. The summed E-state index contributed by atoms with van der Waals surface area (Å²) in [7, 11) is 0. The molecule has 0 amide bonds. The van der Waals surface area contributed by atoms with Crippen LogP contribution in [0, 0.1) is 11.7 Å². The van der Waals surface area contributed by atoms with E-state index < -0.39 is 0 Å². The van der Waals surface area contributed by atoms with Gasteiger partial charge in [0, 0.05) is 11.5 Å². The van der Waals surface area contributed by atoms with Crippen molar-refractivity contribution < 1.29 is 4.39 Å². The van der Waals surface area contributed by atoms with E-state index in [1.807, 2.05) is 12.1 Å². The van der Waals surface area contributed by atoms with Gasteiger partial charge in [-0.2, -0.15) is 0 Å². The number of nitrogens with two attached hydrogens (primary N) is 1. The third-order valence-electron chi connectivity index (χ3n) is 3.86. The van der Waals surface area contributed by atoms with Crippen LogP contribution in [0.15, 0.2) is 24.3 Å². The minimum atomic E-state index is -0.201. The molecule has 1 aromatic rings. The maximum absolute atomic E-state index is 13.0. The summed E-state index contributed by atoms with van der Waals surface area (Å²) >= 11 is 0. The Kier molecular flexibility index (Phi) is 5.29. The van der Waals surface area contributed by atoms with Crippen molar-refractivity contribution in [2.75, 3.05) is 0 Å². The van der Waals surface area contributed by atoms with Gasteiger partial charge in [-0.25, -0.2) is 4.39 Å². The van der Waals surface area contributed by atoms with Gasteiger partial charge in [0.1, 0.15) is 5.82 Å². The van der Waals surface area contributed by atoms with Crippen LogP contribution in [-0.2, 0) is 5.41 Å². The average Bonchev–Trinajstić information content (AvgIpc) is 2.30. The molecule has 0 saturated carbocycles. The van der Waals surface area contributed by atoms with Gasteiger partial charge in [-0.05, 0) is 30.0 Å². The van der Waals surface area contributed by atoms with Crippen LogP contribution >= 0.6 is 0 Å². The Hall–Kier alpha value is -0.930. The lowest BCUT2D eigenvalue weighted by Gasteiger charge is -2.38. The molecular weight excluding hydrogens is 227 g/mol. The zero-order valence-electron chi connectivity index (χ0n) is 11.8. The monoisotopic (exact) mass is 252 g/mol. The van der Waals surface area contributed by atoms with Gasteiger partial charge in [0.25, 0.3) is 0 Å². The zero-order chi connectivity index (χ0) is 13.8. The molecular formula is C15H25FN2. The van der Waals surface area contributed by atoms with E-state index in [4.69, 9.17) is 5.84 Å². The normalized spacial score (nSPS) is 15.4. The summed E-state index contributed by atoms with van der Waals surface area (Å²) in [6, 6.07) is 6.88. The molecule has 0 fully saturated rings. The Morgan fingerprint density at radius 1 is 1.28 bits per heavy atom. The SMILES string of the molecule is CCCC(C)C(NN)C(C)(C)c1ccc(F)cc1. The molecule has 2 unspecified atom stereocenters. The molecule has 0 aliphatic rings. The fourth-order valence-corrected chi connectivity index (χ4v) is 2.76. The van der Waals surface area contributed by atoms with Crippen LogP contribution < -0.4 is 11.3 Å². The standard InChI is InChI=1S/C15H25FN2/c1-5-6-11(2)14(18-17)15(3,4)12-7-9-13(16)10-8-12/h7-11,14,18H,5-6,17H2,1-4H3. The fourth-order valence-electron chi connectivity index (χ4n) is 2.76. The Bertz CT molecular complexity index is 359. The number of halogens is 1. The van der Waals surface area contributed by atoms with E-state index in [0.29, 0.717) is 5.92 Å². The van der Waals surface area contributed by atoms with E-state index in [2.05, 4.69) is 33.1 Å². The highest BCUT2D eigenvalue weighted by molar-refractivity contribution is 5.26. The fraction of sp³-hybridized carbons (Fsp3) is 0.600. The van der Waals surface area contributed by atoms with E-state index in [1.165, 1.54) is 12.1 Å². The number of hydrogen-bond acceptors (Lipinski definition) is 2. The first kappa shape index (κ1) is 15.1. The van der Waals surface area contributed by atoms with Gasteiger partial charge in [-0.1, -0.05) is 46.2 Å². The van der Waals surface area contributed by atoms with E-state index in [-0.39, 0.29) is 17.3 Å². The van der Waals surface area contributed by atoms with Gasteiger partial charge in [-0.3, -0.25) is 11.3 Å². The van der Waals surface area contributed by atoms with Gasteiger partial charge in [-0.15, -0.1) is 0 Å². The second-order valence-electron chi connectivity index (χ2n) is 5.64. The van der Waals surface area contributed by atoms with Crippen LogP contribution in [0.5, 0.6) is 0 Å². The maximum Gasteiger partial charge on any atom is 0.123 e. The van der Waals surface area contributed by atoms with Crippen molar-refractivity contribution in [2.24, 2.45) is 11.8 Å². The molecule has 0 bridgehead atoms. The molecule has 1 rings (SSSR count). The summed E-state index contributed by atoms with van der Waals surface area (Å²) in [5, 5.41) is 0. The quantitative estimate of drug-likeness (QED) is 0.602. The third kappa shape index (κ3) is 3.30. The Balaban J connectivity index is 2.98. The van der Waals surface area contributed by atoms with Crippen molar-refractivity contribution >= 4 is 0 Å². The van der Waals surface area contributed by atoms with Crippen molar-refractivity contribution in [3.05, 3.63) is 35.6 Å². The van der Waals surface area contributed by atoms with Crippen LogP contribution in [0.2, 0.25) is 0 Å². The van der Waals surface area contributed by atoms with Crippen LogP contribution in [-0.4, -0.2) is 6.04 Å². The second kappa shape index (κ2) is 6.30. The predicted octanol–water partition coefficient (Wildman–Crippen LogP) is 3.37. The van der Waals surface area contributed by atoms with Crippen molar-refractivity contribution in [1.29, 1.82) is 0 Å². The van der Waals surface area contributed by atoms with Crippen LogP contribution in [0.4, 0.5) is 4.39 Å². The molecule has 0 saturated heterocycles. The summed E-state index contributed by atoms with van der Waals surface area (Å²) in [5.74, 6) is 6.00. The van der Waals surface area contributed by atoms with Crippen molar-refractivity contribution in [3.8, 4) is 0 Å². The molecule has 0 spiro atoms. The van der Waals surface area contributed by atoms with Gasteiger partial charge in [0.2, 0.25) is 0 Å². The lowest BCUT2D eigenvalue weighted by atomic mass is 9.72. The number of rotatable bonds is 6. The topological polar surface area (TPSA) is 38.0 Å². The molecule has 0 radical (unpaired) electrons. The minimum absolute atomic E-state index is 0.128. The second-order valence-corrected chi connectivity index (χ2v) is 5.64. The molecule has 2 nitrogen and oxygen atoms in total. The number of benzene rings is 1. The highest BCUT2D eigenvalue weighted by Crippen LogP contribution is 2.32. The molecule has 2 atom stereocenters. The highest BCUT2D eigenvalue weighted by Gasteiger charge is 2.33. The van der Waals surface area contributed by atoms with Crippen LogP contribution in [0.3, 0.4) is 0 Å². The van der Waals surface area contributed by atoms with Crippen LogP contribution in [0.1, 0.15) is 46.1 Å². The van der Waals surface area contributed by atoms with Crippen LogP contribution in [0.25, 0.3) is 0 Å². The Morgan fingerprint density at radius 2 is 1.83 bits per heavy atom. The average molecular weight is 252 g/mol. The van der Waals surface area contributed by atoms with Gasteiger partial charge < -0.3 is 0 Å². The molecule has 102 valence electrons. The summed E-state index contributed by atoms with van der Waals surface area (Å²) in [6.45, 7) is 8.68. The molecule has 1 aromatic carbocycles. The summed E-state index contributed by atoms with van der Waals surface area (Å²) in [6.07, 6.45) is 2.26. The highest BCUT2D eigenvalue weighted by atomic mass is 19.1. The Morgan fingerprint density at radius 3 is 2.28 bits per heavy atom. The van der Waals surface area contributed by atoms with Crippen molar-refractivity contribution in [1.82, 2.24) is 5.43 Å². The smallest absolute Gasteiger partial charge is 0.123 e. The Labute approximate surface area is 110 Å². The third-order valence-corrected chi connectivity index (χ3v) is 3.86. The molecule has 0 aromatic heterocycles. The number of hydrogen-bond donors (Lipinski definition) is 2. The minimum Gasteiger partial charge on any atom is -0.271 e.